The third-order valence-corrected chi connectivity index (χ3v) is 2.11. The molecule has 5 nitrogen and oxygen atoms in total. The molecule has 0 rings (SSSR count). The monoisotopic (exact) mass is 220 g/mol. The Kier molecular flexibility index (Phi) is 4.79. The average molecular weight is 220 g/mol. The fraction of sp³-hybridized carbons (Fsp3) is 0.625. The second-order valence-electron chi connectivity index (χ2n) is 3.28. The molecule has 0 aromatic rings. The average Bonchev–Trinajstić information content (AvgIpc) is 1.99. The minimum atomic E-state index is -3.20. The zero-order valence-corrected chi connectivity index (χ0v) is 9.44. The van der Waals surface area contributed by atoms with Crippen molar-refractivity contribution in [3.8, 4) is 0 Å². The maximum absolute atomic E-state index is 11.1. The van der Waals surface area contributed by atoms with Crippen molar-refractivity contribution in [1.82, 2.24) is 10.0 Å². The molecular formula is C8H16N2O3S. The second kappa shape index (κ2) is 5.11. The van der Waals surface area contributed by atoms with Crippen molar-refractivity contribution in [2.75, 3.05) is 12.8 Å². The molecule has 0 aromatic carbocycles. The second-order valence-corrected chi connectivity index (χ2v) is 5.11. The Bertz CT molecular complexity index is 321. The molecule has 82 valence electrons. The molecule has 14 heavy (non-hydrogen) atoms. The highest BCUT2D eigenvalue weighted by molar-refractivity contribution is 7.88. The topological polar surface area (TPSA) is 75.3 Å². The van der Waals surface area contributed by atoms with Gasteiger partial charge in [0.15, 0.2) is 0 Å². The van der Waals surface area contributed by atoms with Crippen LogP contribution in [0.3, 0.4) is 0 Å². The van der Waals surface area contributed by atoms with Crippen LogP contribution in [0.25, 0.3) is 0 Å². The molecule has 1 unspecified atom stereocenters. The van der Waals surface area contributed by atoms with Crippen molar-refractivity contribution >= 4 is 15.9 Å². The van der Waals surface area contributed by atoms with Crippen molar-refractivity contribution in [2.24, 2.45) is 0 Å². The van der Waals surface area contributed by atoms with Gasteiger partial charge >= 0.3 is 0 Å². The number of rotatable bonds is 5. The molecule has 1 amide bonds. The maximum Gasteiger partial charge on any atom is 0.246 e. The van der Waals surface area contributed by atoms with Crippen LogP contribution in [-0.4, -0.2) is 33.2 Å². The number of sulfonamides is 1. The summed E-state index contributed by atoms with van der Waals surface area (Å²) in [6.45, 7) is 6.94. The van der Waals surface area contributed by atoms with E-state index in [0.717, 1.165) is 6.26 Å². The van der Waals surface area contributed by atoms with E-state index in [1.807, 2.05) is 0 Å². The summed E-state index contributed by atoms with van der Waals surface area (Å²) in [6, 6.07) is -0.256. The molecule has 0 saturated heterocycles. The van der Waals surface area contributed by atoms with Crippen LogP contribution in [0, 0.1) is 0 Å². The van der Waals surface area contributed by atoms with Crippen LogP contribution in [0.4, 0.5) is 0 Å². The smallest absolute Gasteiger partial charge is 0.246 e. The van der Waals surface area contributed by atoms with Gasteiger partial charge in [-0.15, -0.1) is 0 Å². The number of amides is 1. The highest BCUT2D eigenvalue weighted by atomic mass is 32.2. The maximum atomic E-state index is 11.1. The van der Waals surface area contributed by atoms with E-state index in [1.165, 1.54) is 0 Å². The third-order valence-electron chi connectivity index (χ3n) is 1.42. The lowest BCUT2D eigenvalue weighted by Crippen LogP contribution is -2.41. The number of nitrogens with one attached hydrogen (secondary N) is 2. The Morgan fingerprint density at radius 2 is 2.00 bits per heavy atom. The molecule has 0 radical (unpaired) electrons. The first kappa shape index (κ1) is 13.1. The molecule has 0 aliphatic heterocycles. The quantitative estimate of drug-likeness (QED) is 0.620. The number of hydrogen-bond donors (Lipinski definition) is 2. The molecule has 0 aliphatic rings. The van der Waals surface area contributed by atoms with E-state index in [-0.39, 0.29) is 18.5 Å². The van der Waals surface area contributed by atoms with E-state index in [4.69, 9.17) is 0 Å². The van der Waals surface area contributed by atoms with Crippen LogP contribution in [0.5, 0.6) is 0 Å². The minimum Gasteiger partial charge on any atom is -0.349 e. The molecule has 0 spiro atoms. The van der Waals surface area contributed by atoms with Crippen LogP contribution in [-0.2, 0) is 14.8 Å². The van der Waals surface area contributed by atoms with Gasteiger partial charge in [-0.1, -0.05) is 6.58 Å². The van der Waals surface area contributed by atoms with Crippen molar-refractivity contribution in [3.05, 3.63) is 12.2 Å². The number of hydrogen-bond acceptors (Lipinski definition) is 3. The highest BCUT2D eigenvalue weighted by Gasteiger charge is 2.09. The molecule has 0 bridgehead atoms. The number of carbonyl (C=O) groups is 1. The molecule has 0 aromatic heterocycles. The van der Waals surface area contributed by atoms with E-state index in [1.54, 1.807) is 13.8 Å². The van der Waals surface area contributed by atoms with Gasteiger partial charge in [0.1, 0.15) is 0 Å². The van der Waals surface area contributed by atoms with Crippen molar-refractivity contribution < 1.29 is 13.2 Å². The van der Waals surface area contributed by atoms with Crippen LogP contribution >= 0.6 is 0 Å². The van der Waals surface area contributed by atoms with Gasteiger partial charge in [0.05, 0.1) is 6.26 Å². The first-order valence-electron chi connectivity index (χ1n) is 4.13. The fourth-order valence-electron chi connectivity index (χ4n) is 0.674. The molecular weight excluding hydrogens is 204 g/mol. The van der Waals surface area contributed by atoms with E-state index in [0.29, 0.717) is 5.57 Å². The summed E-state index contributed by atoms with van der Waals surface area (Å²) >= 11 is 0. The zero-order valence-electron chi connectivity index (χ0n) is 8.62. The van der Waals surface area contributed by atoms with Crippen LogP contribution in [0.2, 0.25) is 0 Å². The molecule has 1 atom stereocenters. The molecule has 0 aliphatic carbocycles. The Morgan fingerprint density at radius 1 is 1.50 bits per heavy atom. The normalized spacial score (nSPS) is 13.4. The van der Waals surface area contributed by atoms with Gasteiger partial charge in [-0.05, 0) is 13.8 Å². The van der Waals surface area contributed by atoms with Crippen LogP contribution in [0.15, 0.2) is 12.2 Å². The van der Waals surface area contributed by atoms with E-state index in [2.05, 4.69) is 16.6 Å². The lowest BCUT2D eigenvalue weighted by molar-refractivity contribution is -0.117. The van der Waals surface area contributed by atoms with Crippen molar-refractivity contribution in [1.29, 1.82) is 0 Å². The van der Waals surface area contributed by atoms with Gasteiger partial charge in [0.2, 0.25) is 15.9 Å². The van der Waals surface area contributed by atoms with E-state index >= 15 is 0 Å². The zero-order chi connectivity index (χ0) is 11.4. The van der Waals surface area contributed by atoms with Gasteiger partial charge < -0.3 is 5.32 Å². The molecule has 0 fully saturated rings. The Balaban J connectivity index is 3.94. The first-order valence-corrected chi connectivity index (χ1v) is 6.02. The molecule has 0 heterocycles. The van der Waals surface area contributed by atoms with Crippen LogP contribution < -0.4 is 10.0 Å². The molecule has 2 N–H and O–H groups in total. The first-order chi connectivity index (χ1) is 6.22. The Morgan fingerprint density at radius 3 is 2.36 bits per heavy atom. The van der Waals surface area contributed by atoms with Gasteiger partial charge in [-0.2, -0.15) is 0 Å². The SMILES string of the molecule is C=C(C)C(=O)NC(C)CNS(C)(=O)=O. The highest BCUT2D eigenvalue weighted by Crippen LogP contribution is 1.89. The van der Waals surface area contributed by atoms with Crippen LogP contribution in [0.1, 0.15) is 13.8 Å². The standard InChI is InChI=1S/C8H16N2O3S/c1-6(2)8(11)10-7(3)5-9-14(4,12)13/h7,9H,1,5H2,2-4H3,(H,10,11). The van der Waals surface area contributed by atoms with Crippen molar-refractivity contribution in [2.45, 2.75) is 19.9 Å². The lowest BCUT2D eigenvalue weighted by Gasteiger charge is -2.13. The Labute approximate surface area is 84.6 Å². The lowest BCUT2D eigenvalue weighted by atomic mass is 10.3. The van der Waals surface area contributed by atoms with Gasteiger partial charge in [-0.25, -0.2) is 13.1 Å². The largest absolute Gasteiger partial charge is 0.349 e. The molecule has 0 saturated carbocycles. The fourth-order valence-corrected chi connectivity index (χ4v) is 1.23. The summed E-state index contributed by atoms with van der Waals surface area (Å²) in [4.78, 5) is 11.1. The van der Waals surface area contributed by atoms with Crippen molar-refractivity contribution in [3.63, 3.8) is 0 Å². The predicted octanol–water partition coefficient (Wildman–Crippen LogP) is -0.384. The van der Waals surface area contributed by atoms with Gasteiger partial charge in [0.25, 0.3) is 0 Å². The Hall–Kier alpha value is -0.880. The summed E-state index contributed by atoms with van der Waals surface area (Å²) in [5.41, 5.74) is 0.399. The van der Waals surface area contributed by atoms with Gasteiger partial charge in [0, 0.05) is 18.2 Å². The minimum absolute atomic E-state index is 0.178. The summed E-state index contributed by atoms with van der Waals surface area (Å²) in [5, 5.41) is 2.59. The van der Waals surface area contributed by atoms with Gasteiger partial charge in [-0.3, -0.25) is 4.79 Å². The summed E-state index contributed by atoms with van der Waals surface area (Å²) in [7, 11) is -3.20. The predicted molar refractivity (Wildman–Crippen MR) is 55.3 cm³/mol. The number of carbonyl (C=O) groups excluding carboxylic acids is 1. The summed E-state index contributed by atoms with van der Waals surface area (Å²) in [6.07, 6.45) is 1.07. The third kappa shape index (κ3) is 6.62. The van der Waals surface area contributed by atoms with E-state index < -0.39 is 10.0 Å². The summed E-state index contributed by atoms with van der Waals surface area (Å²) in [5.74, 6) is -0.271. The summed E-state index contributed by atoms with van der Waals surface area (Å²) < 4.78 is 23.7. The van der Waals surface area contributed by atoms with E-state index in [9.17, 15) is 13.2 Å². The molecule has 6 heteroatoms.